The predicted octanol–water partition coefficient (Wildman–Crippen LogP) is 1.83. The van der Waals surface area contributed by atoms with Crippen molar-refractivity contribution in [1.82, 2.24) is 4.31 Å². The summed E-state index contributed by atoms with van der Waals surface area (Å²) >= 11 is 1.15. The van der Waals surface area contributed by atoms with E-state index in [1.165, 1.54) is 4.31 Å². The second-order valence-electron chi connectivity index (χ2n) is 7.74. The molecule has 0 bridgehead atoms. The molecule has 1 N–H and O–H groups in total. The number of hydrogen-bond donors (Lipinski definition) is 1. The molecule has 166 valence electrons. The zero-order valence-corrected chi connectivity index (χ0v) is 19.5. The van der Waals surface area contributed by atoms with Crippen LogP contribution in [0.1, 0.15) is 19.4 Å². The molecule has 3 rings (SSSR count). The van der Waals surface area contributed by atoms with Gasteiger partial charge in [-0.2, -0.15) is 12.7 Å². The van der Waals surface area contributed by atoms with E-state index >= 15 is 0 Å². The average Bonchev–Trinajstić information content (AvgIpc) is 3.21. The first-order chi connectivity index (χ1) is 13.9. The highest BCUT2D eigenvalue weighted by atomic mass is 32.2. The van der Waals surface area contributed by atoms with Gasteiger partial charge in [0.25, 0.3) is 20.1 Å². The second kappa shape index (κ2) is 8.56. The van der Waals surface area contributed by atoms with Crippen LogP contribution in [-0.2, 0) is 29.9 Å². The molecule has 0 aliphatic carbocycles. The van der Waals surface area contributed by atoms with E-state index in [0.29, 0.717) is 6.54 Å². The van der Waals surface area contributed by atoms with Crippen molar-refractivity contribution in [2.75, 3.05) is 37.4 Å². The third kappa shape index (κ3) is 5.40. The molecule has 1 aliphatic rings. The van der Waals surface area contributed by atoms with E-state index in [0.717, 1.165) is 28.8 Å². The molecule has 11 heteroatoms. The third-order valence-electron chi connectivity index (χ3n) is 4.91. The van der Waals surface area contributed by atoms with E-state index in [4.69, 9.17) is 4.18 Å². The number of thiophene rings is 1. The van der Waals surface area contributed by atoms with Crippen LogP contribution in [0, 0.1) is 0 Å². The molecule has 1 aromatic carbocycles. The monoisotopic (exact) mass is 474 g/mol. The Kier molecular flexibility index (Phi) is 6.61. The van der Waals surface area contributed by atoms with Crippen molar-refractivity contribution in [3.05, 3.63) is 47.3 Å². The van der Waals surface area contributed by atoms with Crippen LogP contribution in [0.15, 0.2) is 46.0 Å². The standard InChI is InChI=1S/C19H26N2O6S3/c1-19(2,22)15-6-8-16(9-7-15)21-11-10-20(13-17(21)14-27-29(3,23)24)30(25,26)18-5-4-12-28-18/h4-9,12,17,22H,10-11,13-14H2,1-3H3/t17-/m1/s1. The summed E-state index contributed by atoms with van der Waals surface area (Å²) in [7, 11) is -7.33. The molecule has 1 saturated heterocycles. The van der Waals surface area contributed by atoms with Crippen LogP contribution in [0.25, 0.3) is 0 Å². The number of nitrogens with zero attached hydrogens (tertiary/aromatic N) is 2. The van der Waals surface area contributed by atoms with E-state index < -0.39 is 31.8 Å². The molecule has 0 unspecified atom stereocenters. The zero-order chi connectivity index (χ0) is 22.2. The minimum Gasteiger partial charge on any atom is -0.386 e. The van der Waals surface area contributed by atoms with E-state index in [2.05, 4.69) is 0 Å². The second-order valence-corrected chi connectivity index (χ2v) is 12.5. The summed E-state index contributed by atoms with van der Waals surface area (Å²) < 4.78 is 55.6. The molecule has 0 radical (unpaired) electrons. The Bertz CT molecular complexity index is 1060. The number of hydrogen-bond acceptors (Lipinski definition) is 8. The predicted molar refractivity (Wildman–Crippen MR) is 117 cm³/mol. The van der Waals surface area contributed by atoms with Gasteiger partial charge in [0.1, 0.15) is 4.21 Å². The number of sulfonamides is 1. The first-order valence-corrected chi connectivity index (χ1v) is 13.5. The number of piperazine rings is 1. The lowest BCUT2D eigenvalue weighted by Crippen LogP contribution is -2.56. The van der Waals surface area contributed by atoms with Crippen molar-refractivity contribution < 1.29 is 26.1 Å². The Morgan fingerprint density at radius 1 is 1.13 bits per heavy atom. The number of aliphatic hydroxyl groups is 1. The maximum atomic E-state index is 12.9. The molecule has 1 atom stereocenters. The Balaban J connectivity index is 1.86. The SMILES string of the molecule is CC(C)(O)c1ccc(N2CCN(S(=O)(=O)c3cccs3)C[C@@H]2COS(C)(=O)=O)cc1. The first kappa shape index (κ1) is 23.2. The maximum Gasteiger partial charge on any atom is 0.264 e. The van der Waals surface area contributed by atoms with Crippen LogP contribution in [0.4, 0.5) is 5.69 Å². The fraction of sp³-hybridized carbons (Fsp3) is 0.474. The molecule has 1 aromatic heterocycles. The zero-order valence-electron chi connectivity index (χ0n) is 17.1. The molecule has 1 aliphatic heterocycles. The highest BCUT2D eigenvalue weighted by molar-refractivity contribution is 7.91. The van der Waals surface area contributed by atoms with Gasteiger partial charge in [0, 0.05) is 25.3 Å². The summed E-state index contributed by atoms with van der Waals surface area (Å²) in [4.78, 5) is 1.94. The summed E-state index contributed by atoms with van der Waals surface area (Å²) in [5.41, 5.74) is 0.567. The smallest absolute Gasteiger partial charge is 0.264 e. The first-order valence-electron chi connectivity index (χ1n) is 9.35. The van der Waals surface area contributed by atoms with Gasteiger partial charge in [-0.05, 0) is 43.0 Å². The van der Waals surface area contributed by atoms with E-state index in [9.17, 15) is 21.9 Å². The van der Waals surface area contributed by atoms with Crippen molar-refractivity contribution in [2.24, 2.45) is 0 Å². The maximum absolute atomic E-state index is 12.9. The van der Waals surface area contributed by atoms with Crippen LogP contribution in [0.3, 0.4) is 0 Å². The van der Waals surface area contributed by atoms with Crippen LogP contribution in [-0.4, -0.2) is 64.8 Å². The molecule has 8 nitrogen and oxygen atoms in total. The molecule has 0 amide bonds. The fourth-order valence-corrected chi connectivity index (χ4v) is 6.35. The molecule has 1 fully saturated rings. The molecule has 2 heterocycles. The number of rotatable bonds is 7. The Morgan fingerprint density at radius 3 is 2.33 bits per heavy atom. The summed E-state index contributed by atoms with van der Waals surface area (Å²) in [5, 5.41) is 11.9. The lowest BCUT2D eigenvalue weighted by atomic mass is 9.98. The summed E-state index contributed by atoms with van der Waals surface area (Å²) in [6.45, 7) is 3.97. The van der Waals surface area contributed by atoms with E-state index in [1.54, 1.807) is 43.5 Å². The Hall–Kier alpha value is -1.50. The lowest BCUT2D eigenvalue weighted by Gasteiger charge is -2.41. The van der Waals surface area contributed by atoms with E-state index in [-0.39, 0.29) is 23.9 Å². The van der Waals surface area contributed by atoms with Crippen molar-refractivity contribution in [1.29, 1.82) is 0 Å². The van der Waals surface area contributed by atoms with Crippen LogP contribution in [0.5, 0.6) is 0 Å². The van der Waals surface area contributed by atoms with Crippen molar-refractivity contribution in [3.8, 4) is 0 Å². The van der Waals surface area contributed by atoms with Gasteiger partial charge in [-0.15, -0.1) is 11.3 Å². The normalized spacial score (nSPS) is 19.2. The lowest BCUT2D eigenvalue weighted by molar-refractivity contribution is 0.0786. The average molecular weight is 475 g/mol. The highest BCUT2D eigenvalue weighted by Gasteiger charge is 2.35. The van der Waals surface area contributed by atoms with Gasteiger partial charge in [-0.3, -0.25) is 4.18 Å². The van der Waals surface area contributed by atoms with Gasteiger partial charge in [0.2, 0.25) is 0 Å². The summed E-state index contributed by atoms with van der Waals surface area (Å²) in [6, 6.07) is 10.0. The van der Waals surface area contributed by atoms with Crippen molar-refractivity contribution >= 4 is 37.2 Å². The van der Waals surface area contributed by atoms with Crippen LogP contribution in [0.2, 0.25) is 0 Å². The van der Waals surface area contributed by atoms with Gasteiger partial charge in [0.15, 0.2) is 0 Å². The highest BCUT2D eigenvalue weighted by Crippen LogP contribution is 2.28. The van der Waals surface area contributed by atoms with Gasteiger partial charge < -0.3 is 10.0 Å². The molecular weight excluding hydrogens is 448 g/mol. The molecule has 30 heavy (non-hydrogen) atoms. The molecule has 0 spiro atoms. The minimum atomic E-state index is -3.68. The minimum absolute atomic E-state index is 0.100. The Morgan fingerprint density at radius 2 is 1.80 bits per heavy atom. The quantitative estimate of drug-likeness (QED) is 0.611. The van der Waals surface area contributed by atoms with Crippen molar-refractivity contribution in [2.45, 2.75) is 29.7 Å². The van der Waals surface area contributed by atoms with Crippen molar-refractivity contribution in [3.63, 3.8) is 0 Å². The van der Waals surface area contributed by atoms with Gasteiger partial charge >= 0.3 is 0 Å². The number of anilines is 1. The van der Waals surface area contributed by atoms with Gasteiger partial charge in [-0.1, -0.05) is 18.2 Å². The molecule has 0 saturated carbocycles. The van der Waals surface area contributed by atoms with Gasteiger partial charge in [-0.25, -0.2) is 8.42 Å². The molecular formula is C19H26N2O6S3. The van der Waals surface area contributed by atoms with Crippen LogP contribution >= 0.6 is 11.3 Å². The number of benzene rings is 1. The van der Waals surface area contributed by atoms with E-state index in [1.807, 2.05) is 17.0 Å². The largest absolute Gasteiger partial charge is 0.386 e. The summed E-state index contributed by atoms with van der Waals surface area (Å²) in [6.07, 6.45) is 0.971. The molecule has 2 aromatic rings. The topological polar surface area (TPSA) is 104 Å². The Labute approximate surface area is 181 Å². The summed E-state index contributed by atoms with van der Waals surface area (Å²) in [5.74, 6) is 0. The third-order valence-corrected chi connectivity index (χ3v) is 8.72. The van der Waals surface area contributed by atoms with Gasteiger partial charge in [0.05, 0.1) is 24.5 Å². The van der Waals surface area contributed by atoms with Crippen LogP contribution < -0.4 is 4.90 Å². The fourth-order valence-electron chi connectivity index (χ4n) is 3.33.